The van der Waals surface area contributed by atoms with Gasteiger partial charge in [-0.2, -0.15) is 5.10 Å². The number of H-pyrrole nitrogens is 2. The zero-order chi connectivity index (χ0) is 14.9. The summed E-state index contributed by atoms with van der Waals surface area (Å²) in [4.78, 5) is 23.2. The molecule has 4 heterocycles. The van der Waals surface area contributed by atoms with E-state index in [1.165, 1.54) is 6.07 Å². The fraction of sp³-hybridized carbons (Fsp3) is 0. The zero-order valence-corrected chi connectivity index (χ0v) is 11.4. The van der Waals surface area contributed by atoms with Crippen LogP contribution in [-0.2, 0) is 0 Å². The molecular formula is C16H11N5O. The van der Waals surface area contributed by atoms with Gasteiger partial charge in [-0.15, -0.1) is 0 Å². The standard InChI is InChI=1S/C16H11N5O/c22-15-5-1-3-14(20-15)16-10(9-18-21-16)11-6-7-12-13(19-11)4-2-8-17-12/h1-9H,(H,18,21)(H,20,22). The van der Waals surface area contributed by atoms with Gasteiger partial charge in [0, 0.05) is 17.8 Å². The van der Waals surface area contributed by atoms with Crippen LogP contribution < -0.4 is 5.56 Å². The van der Waals surface area contributed by atoms with E-state index in [1.807, 2.05) is 30.3 Å². The summed E-state index contributed by atoms with van der Waals surface area (Å²) in [6.45, 7) is 0. The molecule has 0 fully saturated rings. The Bertz CT molecular complexity index is 1020. The topological polar surface area (TPSA) is 87.3 Å². The minimum Gasteiger partial charge on any atom is -0.321 e. The average Bonchev–Trinajstić information content (AvgIpc) is 3.04. The van der Waals surface area contributed by atoms with E-state index in [1.54, 1.807) is 18.5 Å². The van der Waals surface area contributed by atoms with E-state index >= 15 is 0 Å². The summed E-state index contributed by atoms with van der Waals surface area (Å²) in [7, 11) is 0. The molecule has 0 aliphatic carbocycles. The lowest BCUT2D eigenvalue weighted by Crippen LogP contribution is -2.04. The normalized spacial score (nSPS) is 10.9. The van der Waals surface area contributed by atoms with Crippen molar-refractivity contribution in [1.29, 1.82) is 0 Å². The van der Waals surface area contributed by atoms with Crippen LogP contribution in [0.3, 0.4) is 0 Å². The van der Waals surface area contributed by atoms with Crippen LogP contribution in [0.2, 0.25) is 0 Å². The van der Waals surface area contributed by atoms with Crippen LogP contribution in [-0.4, -0.2) is 25.1 Å². The zero-order valence-electron chi connectivity index (χ0n) is 11.4. The van der Waals surface area contributed by atoms with E-state index in [0.29, 0.717) is 5.69 Å². The van der Waals surface area contributed by atoms with Crippen molar-refractivity contribution < 1.29 is 0 Å². The molecule has 0 radical (unpaired) electrons. The van der Waals surface area contributed by atoms with Gasteiger partial charge < -0.3 is 4.98 Å². The summed E-state index contributed by atoms with van der Waals surface area (Å²) in [5, 5.41) is 7.00. The third-order valence-electron chi connectivity index (χ3n) is 3.41. The number of rotatable bonds is 2. The van der Waals surface area contributed by atoms with E-state index in [0.717, 1.165) is 28.0 Å². The number of nitrogens with one attached hydrogen (secondary N) is 2. The molecule has 22 heavy (non-hydrogen) atoms. The maximum atomic E-state index is 11.5. The lowest BCUT2D eigenvalue weighted by Gasteiger charge is -2.04. The van der Waals surface area contributed by atoms with E-state index in [-0.39, 0.29) is 5.56 Å². The SMILES string of the molecule is O=c1cccc(-c2[nH]ncc2-c2ccc3ncccc3n2)[nH]1. The fourth-order valence-corrected chi connectivity index (χ4v) is 2.39. The van der Waals surface area contributed by atoms with Gasteiger partial charge in [0.2, 0.25) is 5.56 Å². The van der Waals surface area contributed by atoms with Crippen molar-refractivity contribution in [3.8, 4) is 22.6 Å². The van der Waals surface area contributed by atoms with Crippen LogP contribution >= 0.6 is 0 Å². The molecule has 0 aliphatic rings. The molecule has 0 atom stereocenters. The highest BCUT2D eigenvalue weighted by atomic mass is 16.1. The summed E-state index contributed by atoms with van der Waals surface area (Å²) in [6, 6.07) is 12.6. The van der Waals surface area contributed by atoms with Crippen LogP contribution in [0.15, 0.2) is 59.7 Å². The third kappa shape index (κ3) is 2.07. The molecule has 0 bridgehead atoms. The number of hydrogen-bond acceptors (Lipinski definition) is 4. The number of aromatic nitrogens is 5. The minimum absolute atomic E-state index is 0.159. The molecule has 2 N–H and O–H groups in total. The lowest BCUT2D eigenvalue weighted by atomic mass is 10.1. The van der Waals surface area contributed by atoms with E-state index < -0.39 is 0 Å². The van der Waals surface area contributed by atoms with Gasteiger partial charge in [0.15, 0.2) is 0 Å². The molecule has 6 nitrogen and oxygen atoms in total. The monoisotopic (exact) mass is 289 g/mol. The largest absolute Gasteiger partial charge is 0.321 e. The van der Waals surface area contributed by atoms with Gasteiger partial charge in [-0.3, -0.25) is 14.9 Å². The van der Waals surface area contributed by atoms with Gasteiger partial charge in [-0.1, -0.05) is 6.07 Å². The van der Waals surface area contributed by atoms with E-state index in [2.05, 4.69) is 25.1 Å². The lowest BCUT2D eigenvalue weighted by molar-refractivity contribution is 1.08. The van der Waals surface area contributed by atoms with Crippen LogP contribution in [0.4, 0.5) is 0 Å². The van der Waals surface area contributed by atoms with Gasteiger partial charge >= 0.3 is 0 Å². The molecule has 0 aliphatic heterocycles. The number of fused-ring (bicyclic) bond motifs is 1. The highest BCUT2D eigenvalue weighted by Crippen LogP contribution is 2.28. The second-order valence-electron chi connectivity index (χ2n) is 4.83. The Labute approximate surface area is 124 Å². The van der Waals surface area contributed by atoms with Crippen LogP contribution in [0, 0.1) is 0 Å². The van der Waals surface area contributed by atoms with Gasteiger partial charge in [-0.25, -0.2) is 4.98 Å². The van der Waals surface area contributed by atoms with Crippen molar-refractivity contribution in [1.82, 2.24) is 25.1 Å². The highest BCUT2D eigenvalue weighted by Gasteiger charge is 2.12. The number of aromatic amines is 2. The summed E-state index contributed by atoms with van der Waals surface area (Å²) in [6.07, 6.45) is 3.44. The molecule has 6 heteroatoms. The maximum Gasteiger partial charge on any atom is 0.248 e. The second kappa shape index (κ2) is 4.92. The predicted molar refractivity (Wildman–Crippen MR) is 83.2 cm³/mol. The Morgan fingerprint density at radius 3 is 2.82 bits per heavy atom. The summed E-state index contributed by atoms with van der Waals surface area (Å²) in [5.41, 5.74) is 4.50. The average molecular weight is 289 g/mol. The molecule has 0 spiro atoms. The van der Waals surface area contributed by atoms with Crippen molar-refractivity contribution in [3.63, 3.8) is 0 Å². The van der Waals surface area contributed by atoms with Gasteiger partial charge in [0.1, 0.15) is 0 Å². The van der Waals surface area contributed by atoms with Crippen LogP contribution in [0.5, 0.6) is 0 Å². The summed E-state index contributed by atoms with van der Waals surface area (Å²) in [5.74, 6) is 0. The Hall–Kier alpha value is -3.28. The Kier molecular flexibility index (Phi) is 2.79. The summed E-state index contributed by atoms with van der Waals surface area (Å²) >= 11 is 0. The minimum atomic E-state index is -0.159. The van der Waals surface area contributed by atoms with Crippen LogP contribution in [0.25, 0.3) is 33.7 Å². The van der Waals surface area contributed by atoms with Crippen molar-refractivity contribution in [2.75, 3.05) is 0 Å². The first-order valence-electron chi connectivity index (χ1n) is 6.76. The number of nitrogens with zero attached hydrogens (tertiary/aromatic N) is 3. The summed E-state index contributed by atoms with van der Waals surface area (Å²) < 4.78 is 0. The first kappa shape index (κ1) is 12.5. The molecule has 0 unspecified atom stereocenters. The van der Waals surface area contributed by atoms with E-state index in [9.17, 15) is 4.79 Å². The fourth-order valence-electron chi connectivity index (χ4n) is 2.39. The Morgan fingerprint density at radius 2 is 1.91 bits per heavy atom. The molecule has 4 rings (SSSR count). The molecule has 106 valence electrons. The smallest absolute Gasteiger partial charge is 0.248 e. The maximum absolute atomic E-state index is 11.5. The molecular weight excluding hydrogens is 278 g/mol. The first-order valence-corrected chi connectivity index (χ1v) is 6.76. The quantitative estimate of drug-likeness (QED) is 0.593. The highest BCUT2D eigenvalue weighted by molar-refractivity contribution is 5.82. The molecule has 4 aromatic rings. The molecule has 0 aromatic carbocycles. The Balaban J connectivity index is 1.89. The van der Waals surface area contributed by atoms with Crippen molar-refractivity contribution in [2.24, 2.45) is 0 Å². The predicted octanol–water partition coefficient (Wildman–Crippen LogP) is 2.38. The van der Waals surface area contributed by atoms with Gasteiger partial charge in [-0.05, 0) is 30.3 Å². The molecule has 0 saturated heterocycles. The number of hydrogen-bond donors (Lipinski definition) is 2. The Morgan fingerprint density at radius 1 is 0.955 bits per heavy atom. The molecule has 0 saturated carbocycles. The molecule has 0 amide bonds. The van der Waals surface area contributed by atoms with Crippen LogP contribution in [0.1, 0.15) is 0 Å². The third-order valence-corrected chi connectivity index (χ3v) is 3.41. The van der Waals surface area contributed by atoms with Crippen molar-refractivity contribution in [3.05, 3.63) is 65.2 Å². The van der Waals surface area contributed by atoms with E-state index in [4.69, 9.17) is 0 Å². The first-order chi connectivity index (χ1) is 10.8. The number of pyridine rings is 3. The van der Waals surface area contributed by atoms with Crippen molar-refractivity contribution in [2.45, 2.75) is 0 Å². The molecule has 4 aromatic heterocycles. The second-order valence-corrected chi connectivity index (χ2v) is 4.83. The van der Waals surface area contributed by atoms with Gasteiger partial charge in [0.25, 0.3) is 0 Å². The van der Waals surface area contributed by atoms with Crippen molar-refractivity contribution >= 4 is 11.0 Å². The van der Waals surface area contributed by atoms with Gasteiger partial charge in [0.05, 0.1) is 34.3 Å².